The Kier molecular flexibility index (Phi) is 5.55. The molecular weight excluding hydrogens is 230 g/mol. The number of anilines is 1. The van der Waals surface area contributed by atoms with E-state index in [9.17, 15) is 4.79 Å². The van der Waals surface area contributed by atoms with Gasteiger partial charge in [-0.1, -0.05) is 20.3 Å². The first-order chi connectivity index (χ1) is 8.60. The molecule has 0 saturated heterocycles. The minimum atomic E-state index is -1.04. The number of aromatic nitrogens is 2. The van der Waals surface area contributed by atoms with Crippen LogP contribution in [0.15, 0.2) is 12.4 Å². The molecule has 0 aliphatic carbocycles. The van der Waals surface area contributed by atoms with Gasteiger partial charge in [-0.15, -0.1) is 0 Å². The maximum Gasteiger partial charge on any atom is 0.356 e. The van der Waals surface area contributed by atoms with Gasteiger partial charge in [-0.25, -0.2) is 9.78 Å². The number of hydrogen-bond donors (Lipinski definition) is 1. The van der Waals surface area contributed by atoms with Crippen LogP contribution in [-0.2, 0) is 0 Å². The monoisotopic (exact) mass is 251 g/mol. The van der Waals surface area contributed by atoms with Crippen LogP contribution in [0.5, 0.6) is 0 Å². The fourth-order valence-electron chi connectivity index (χ4n) is 1.71. The maximum absolute atomic E-state index is 10.9. The fourth-order valence-corrected chi connectivity index (χ4v) is 1.71. The van der Waals surface area contributed by atoms with E-state index in [0.29, 0.717) is 11.9 Å². The summed E-state index contributed by atoms with van der Waals surface area (Å²) in [6, 6.07) is 0.329. The van der Waals surface area contributed by atoms with Gasteiger partial charge in [0.05, 0.1) is 12.4 Å². The summed E-state index contributed by atoms with van der Waals surface area (Å²) in [5, 5.41) is 8.94. The van der Waals surface area contributed by atoms with Crippen molar-refractivity contribution in [1.29, 1.82) is 0 Å². The number of nitrogens with zero attached hydrogens (tertiary/aromatic N) is 3. The van der Waals surface area contributed by atoms with E-state index < -0.39 is 5.97 Å². The lowest BCUT2D eigenvalue weighted by atomic mass is 10.2. The standard InChI is InChI=1S/C13H21N3O2/c1-4-6-7-16(10(3)5-2)12-9-14-8-11(15-12)13(17)18/h8-10H,4-7H2,1-3H3,(H,17,18). The van der Waals surface area contributed by atoms with Crippen LogP contribution in [0.2, 0.25) is 0 Å². The quantitative estimate of drug-likeness (QED) is 0.806. The van der Waals surface area contributed by atoms with Crippen molar-refractivity contribution in [3.63, 3.8) is 0 Å². The van der Waals surface area contributed by atoms with Crippen LogP contribution < -0.4 is 4.90 Å². The van der Waals surface area contributed by atoms with Crippen LogP contribution in [-0.4, -0.2) is 33.6 Å². The average molecular weight is 251 g/mol. The van der Waals surface area contributed by atoms with Gasteiger partial charge in [0.2, 0.25) is 0 Å². The molecule has 0 saturated carbocycles. The molecule has 1 unspecified atom stereocenters. The molecule has 0 aliphatic heterocycles. The third-order valence-corrected chi connectivity index (χ3v) is 3.01. The van der Waals surface area contributed by atoms with E-state index in [2.05, 4.69) is 35.6 Å². The highest BCUT2D eigenvalue weighted by Crippen LogP contribution is 2.16. The van der Waals surface area contributed by atoms with Crippen LogP contribution in [0.4, 0.5) is 5.82 Å². The molecule has 1 atom stereocenters. The molecular formula is C13H21N3O2. The molecule has 100 valence electrons. The normalized spacial score (nSPS) is 12.2. The van der Waals surface area contributed by atoms with Gasteiger partial charge in [-0.05, 0) is 19.8 Å². The SMILES string of the molecule is CCCCN(c1cncc(C(=O)O)n1)C(C)CC. The molecule has 0 aliphatic rings. The lowest BCUT2D eigenvalue weighted by Crippen LogP contribution is -2.34. The number of aromatic carboxylic acids is 1. The maximum atomic E-state index is 10.9. The summed E-state index contributed by atoms with van der Waals surface area (Å²) in [5.74, 6) is -0.387. The van der Waals surface area contributed by atoms with Crippen LogP contribution in [0.1, 0.15) is 50.5 Å². The molecule has 5 heteroatoms. The van der Waals surface area contributed by atoms with Crippen molar-refractivity contribution in [2.24, 2.45) is 0 Å². The lowest BCUT2D eigenvalue weighted by Gasteiger charge is -2.29. The Morgan fingerprint density at radius 3 is 2.72 bits per heavy atom. The Hall–Kier alpha value is -1.65. The molecule has 0 bridgehead atoms. The summed E-state index contributed by atoms with van der Waals surface area (Å²) >= 11 is 0. The molecule has 0 amide bonds. The second-order valence-electron chi connectivity index (χ2n) is 4.37. The summed E-state index contributed by atoms with van der Waals surface area (Å²) in [7, 11) is 0. The van der Waals surface area contributed by atoms with Crippen molar-refractivity contribution in [1.82, 2.24) is 9.97 Å². The zero-order chi connectivity index (χ0) is 13.5. The zero-order valence-electron chi connectivity index (χ0n) is 11.3. The molecule has 18 heavy (non-hydrogen) atoms. The molecule has 0 spiro atoms. The Morgan fingerprint density at radius 1 is 1.44 bits per heavy atom. The molecule has 1 aromatic rings. The first-order valence-electron chi connectivity index (χ1n) is 6.42. The Labute approximate surface area is 108 Å². The van der Waals surface area contributed by atoms with Gasteiger partial charge in [-0.2, -0.15) is 0 Å². The van der Waals surface area contributed by atoms with Gasteiger partial charge < -0.3 is 10.0 Å². The number of carboxylic acids is 1. The smallest absolute Gasteiger partial charge is 0.356 e. The molecule has 0 aromatic carbocycles. The largest absolute Gasteiger partial charge is 0.476 e. The minimum Gasteiger partial charge on any atom is -0.476 e. The number of rotatable bonds is 7. The number of carbonyl (C=O) groups is 1. The first kappa shape index (κ1) is 14.4. The molecule has 1 heterocycles. The van der Waals surface area contributed by atoms with E-state index in [1.165, 1.54) is 6.20 Å². The van der Waals surface area contributed by atoms with Crippen molar-refractivity contribution < 1.29 is 9.90 Å². The zero-order valence-corrected chi connectivity index (χ0v) is 11.3. The number of unbranched alkanes of at least 4 members (excludes halogenated alkanes) is 1. The van der Waals surface area contributed by atoms with Crippen LogP contribution >= 0.6 is 0 Å². The second kappa shape index (κ2) is 6.93. The van der Waals surface area contributed by atoms with Crippen molar-refractivity contribution in [3.05, 3.63) is 18.1 Å². The van der Waals surface area contributed by atoms with Gasteiger partial charge >= 0.3 is 5.97 Å². The van der Waals surface area contributed by atoms with Gasteiger partial charge in [0.15, 0.2) is 5.69 Å². The van der Waals surface area contributed by atoms with Gasteiger partial charge in [0.25, 0.3) is 0 Å². The van der Waals surface area contributed by atoms with Crippen molar-refractivity contribution in [3.8, 4) is 0 Å². The van der Waals surface area contributed by atoms with E-state index >= 15 is 0 Å². The third kappa shape index (κ3) is 3.68. The van der Waals surface area contributed by atoms with E-state index in [4.69, 9.17) is 5.11 Å². The molecule has 1 rings (SSSR count). The van der Waals surface area contributed by atoms with Gasteiger partial charge in [-0.3, -0.25) is 4.98 Å². The fraction of sp³-hybridized carbons (Fsp3) is 0.615. The minimum absolute atomic E-state index is 0.00250. The lowest BCUT2D eigenvalue weighted by molar-refractivity contribution is 0.0690. The molecule has 1 N–H and O–H groups in total. The predicted octanol–water partition coefficient (Wildman–Crippen LogP) is 2.58. The number of hydrogen-bond acceptors (Lipinski definition) is 4. The number of carboxylic acid groups (broad SMARTS) is 1. The third-order valence-electron chi connectivity index (χ3n) is 3.01. The molecule has 0 radical (unpaired) electrons. The summed E-state index contributed by atoms with van der Waals surface area (Å²) < 4.78 is 0. The van der Waals surface area contributed by atoms with Gasteiger partial charge in [0.1, 0.15) is 5.82 Å². The molecule has 1 aromatic heterocycles. The molecule has 5 nitrogen and oxygen atoms in total. The highest BCUT2D eigenvalue weighted by atomic mass is 16.4. The van der Waals surface area contributed by atoms with Crippen molar-refractivity contribution in [2.75, 3.05) is 11.4 Å². The Morgan fingerprint density at radius 2 is 2.17 bits per heavy atom. The van der Waals surface area contributed by atoms with Crippen molar-refractivity contribution >= 4 is 11.8 Å². The summed E-state index contributed by atoms with van der Waals surface area (Å²) in [6.07, 6.45) is 6.06. The highest BCUT2D eigenvalue weighted by Gasteiger charge is 2.16. The van der Waals surface area contributed by atoms with E-state index in [0.717, 1.165) is 25.8 Å². The average Bonchev–Trinajstić information content (AvgIpc) is 2.39. The summed E-state index contributed by atoms with van der Waals surface area (Å²) in [5.41, 5.74) is -0.00250. The second-order valence-corrected chi connectivity index (χ2v) is 4.37. The first-order valence-corrected chi connectivity index (χ1v) is 6.42. The Balaban J connectivity index is 2.96. The van der Waals surface area contributed by atoms with Crippen LogP contribution in [0.25, 0.3) is 0 Å². The predicted molar refractivity (Wildman–Crippen MR) is 71.0 cm³/mol. The van der Waals surface area contributed by atoms with Crippen molar-refractivity contribution in [2.45, 2.75) is 46.1 Å². The van der Waals surface area contributed by atoms with Gasteiger partial charge in [0, 0.05) is 12.6 Å². The highest BCUT2D eigenvalue weighted by molar-refractivity contribution is 5.85. The summed E-state index contributed by atoms with van der Waals surface area (Å²) in [6.45, 7) is 7.24. The van der Waals surface area contributed by atoms with Crippen LogP contribution in [0, 0.1) is 0 Å². The molecule has 0 fully saturated rings. The van der Waals surface area contributed by atoms with E-state index in [1.54, 1.807) is 6.20 Å². The van der Waals surface area contributed by atoms with E-state index in [1.807, 2.05) is 0 Å². The Bertz CT molecular complexity index is 396. The summed E-state index contributed by atoms with van der Waals surface area (Å²) in [4.78, 5) is 21.2. The topological polar surface area (TPSA) is 66.3 Å². The van der Waals surface area contributed by atoms with E-state index in [-0.39, 0.29) is 5.69 Å². The van der Waals surface area contributed by atoms with Crippen LogP contribution in [0.3, 0.4) is 0 Å².